The average molecular weight is 556 g/mol. The van der Waals surface area contributed by atoms with Crippen molar-refractivity contribution in [3.8, 4) is 0 Å². The lowest BCUT2D eigenvalue weighted by molar-refractivity contribution is -0.255. The van der Waals surface area contributed by atoms with E-state index in [-0.39, 0.29) is 61.8 Å². The Morgan fingerprint density at radius 1 is 1.16 bits per heavy atom. The number of hydrogen-bond acceptors (Lipinski definition) is 6. The van der Waals surface area contributed by atoms with E-state index in [0.29, 0.717) is 37.7 Å². The Kier molecular flexibility index (Phi) is 13.8. The molecule has 0 aromatic heterocycles. The summed E-state index contributed by atoms with van der Waals surface area (Å²) < 4.78 is 31.8. The van der Waals surface area contributed by atoms with Gasteiger partial charge in [0.05, 0.1) is 12.2 Å². The summed E-state index contributed by atoms with van der Waals surface area (Å²) in [6, 6.07) is -0.0765. The molecular formula is C29H51N2O6P. The third-order valence-corrected chi connectivity index (χ3v) is 10.4. The van der Waals surface area contributed by atoms with E-state index in [9.17, 15) is 9.59 Å². The average Bonchev–Trinajstić information content (AvgIpc) is 3.32. The summed E-state index contributed by atoms with van der Waals surface area (Å²) in [5, 5.41) is 0. The Balaban J connectivity index is 1.72. The molecule has 38 heavy (non-hydrogen) atoms. The Bertz CT molecular complexity index is 796. The van der Waals surface area contributed by atoms with E-state index in [0.717, 1.165) is 38.3 Å². The lowest BCUT2D eigenvalue weighted by Gasteiger charge is -2.43. The molecule has 0 bridgehead atoms. The van der Waals surface area contributed by atoms with E-state index >= 15 is 0 Å². The zero-order valence-electron chi connectivity index (χ0n) is 25.4. The van der Waals surface area contributed by atoms with Gasteiger partial charge in [-0.25, -0.2) is 6.57 Å². The van der Waals surface area contributed by atoms with Crippen LogP contribution < -0.4 is 0 Å². The lowest BCUT2D eigenvalue weighted by Crippen LogP contribution is -2.47. The van der Waals surface area contributed by atoms with Crippen molar-refractivity contribution in [2.45, 2.75) is 117 Å². The molecule has 2 aliphatic heterocycles. The highest BCUT2D eigenvalue weighted by Crippen LogP contribution is 2.46. The fourth-order valence-electron chi connectivity index (χ4n) is 5.15. The maximum Gasteiger partial charge on any atom is 0.302 e. The van der Waals surface area contributed by atoms with Gasteiger partial charge in [0, 0.05) is 54.4 Å². The number of amides is 1. The van der Waals surface area contributed by atoms with Crippen LogP contribution in [0.25, 0.3) is 4.85 Å². The molecule has 0 aliphatic carbocycles. The molecule has 2 heterocycles. The molecule has 0 spiro atoms. The molecule has 0 N–H and O–H groups in total. The van der Waals surface area contributed by atoms with Gasteiger partial charge in [-0.3, -0.25) is 9.59 Å². The van der Waals surface area contributed by atoms with Crippen molar-refractivity contribution >= 4 is 20.0 Å². The predicted molar refractivity (Wildman–Crippen MR) is 151 cm³/mol. The molecule has 0 saturated carbocycles. The van der Waals surface area contributed by atoms with Gasteiger partial charge < -0.3 is 28.5 Å². The second-order valence-corrected chi connectivity index (χ2v) is 13.8. The van der Waals surface area contributed by atoms with Crippen LogP contribution in [-0.2, 0) is 28.3 Å². The summed E-state index contributed by atoms with van der Waals surface area (Å²) in [5.74, 6) is 0.711. The number of rotatable bonds is 15. The first-order chi connectivity index (χ1) is 18.6. The third kappa shape index (κ3) is 10.4. The maximum absolute atomic E-state index is 13.0. The number of unbranched alkanes of at least 4 members (excludes halogenated alkanes) is 2. The van der Waals surface area contributed by atoms with Gasteiger partial charge in [0.2, 0.25) is 12.5 Å². The maximum atomic E-state index is 13.0. The number of carbonyl (C=O) groups excluding carboxylic acids is 2. The Morgan fingerprint density at radius 2 is 1.92 bits per heavy atom. The number of nitrogens with zero attached hydrogens (tertiary/aromatic N) is 2. The lowest BCUT2D eigenvalue weighted by atomic mass is 9.79. The number of hydrogen-bond donors (Lipinski definition) is 0. The molecule has 3 unspecified atom stereocenters. The highest BCUT2D eigenvalue weighted by molar-refractivity contribution is 7.53. The van der Waals surface area contributed by atoms with Crippen molar-refractivity contribution in [3.05, 3.63) is 11.4 Å². The van der Waals surface area contributed by atoms with Gasteiger partial charge in [-0.1, -0.05) is 41.0 Å². The van der Waals surface area contributed by atoms with Crippen LogP contribution in [0.4, 0.5) is 0 Å². The molecule has 2 saturated heterocycles. The van der Waals surface area contributed by atoms with Crippen LogP contribution in [0.3, 0.4) is 0 Å². The summed E-state index contributed by atoms with van der Waals surface area (Å²) in [5.41, 5.74) is 0.417. The number of ether oxygens (including phenoxy) is 3. The molecule has 2 fully saturated rings. The summed E-state index contributed by atoms with van der Waals surface area (Å²) in [6.45, 7) is 21.3. The van der Waals surface area contributed by atoms with E-state index < -0.39 is 8.15 Å². The summed E-state index contributed by atoms with van der Waals surface area (Å²) in [6.07, 6.45) is 4.99. The molecule has 8 nitrogen and oxygen atoms in total. The quantitative estimate of drug-likeness (QED) is 0.109. The van der Waals surface area contributed by atoms with Crippen LogP contribution >= 0.6 is 8.15 Å². The van der Waals surface area contributed by atoms with Crippen molar-refractivity contribution < 1.29 is 29.7 Å². The van der Waals surface area contributed by atoms with Gasteiger partial charge in [0.1, 0.15) is 6.61 Å². The first-order valence-corrected chi connectivity index (χ1v) is 15.9. The van der Waals surface area contributed by atoms with E-state index in [1.807, 2.05) is 4.90 Å². The van der Waals surface area contributed by atoms with Gasteiger partial charge >= 0.3 is 5.97 Å². The molecule has 0 radical (unpaired) electrons. The molecule has 218 valence electrons. The number of esters is 1. The first kappa shape index (κ1) is 31.3. The Hall–Kier alpha value is -1.26. The Morgan fingerprint density at radius 3 is 2.58 bits per heavy atom. The topological polar surface area (TPSA) is 78.7 Å². The minimum atomic E-state index is -0.634. The number of likely N-dealkylation sites (tertiary alicyclic amines) is 1. The first-order valence-electron chi connectivity index (χ1n) is 15.0. The number of carbonyl (C=O) groups is 2. The molecule has 0 aromatic carbocycles. The molecule has 2 rings (SSSR count). The molecule has 2 aliphatic rings. The zero-order chi connectivity index (χ0) is 28.9. The standard InChI is InChI=1S/C29H51N2O6P/c1-20(2)38(16-12-14-30-8)37-26-17-21(3)31(18-26)28(33)13-10-9-11-15-34-29-24(6)22(4)23(5)27(36-29)19-35-25(7)32/h20-24,26-27,29H,9-19H2,1-7H3/t21-,22+,23-,24?,26-,27?,29-,38?/m1/s1/i3D. The molecule has 0 aromatic rings. The van der Waals surface area contributed by atoms with E-state index in [2.05, 4.69) is 39.5 Å². The predicted octanol–water partition coefficient (Wildman–Crippen LogP) is 5.88. The fraction of sp³-hybridized carbons (Fsp3) is 0.897. The van der Waals surface area contributed by atoms with E-state index in [1.54, 1.807) is 0 Å². The van der Waals surface area contributed by atoms with Crippen LogP contribution in [0.1, 0.15) is 88.3 Å². The zero-order valence-corrected chi connectivity index (χ0v) is 25.3. The summed E-state index contributed by atoms with van der Waals surface area (Å²) in [4.78, 5) is 29.5. The van der Waals surface area contributed by atoms with Crippen LogP contribution in [0, 0.1) is 24.3 Å². The highest BCUT2D eigenvalue weighted by Gasteiger charge is 2.40. The molecule has 9 heteroatoms. The largest absolute Gasteiger partial charge is 0.463 e. The normalized spacial score (nSPS) is 30.6. The Labute approximate surface area is 233 Å². The monoisotopic (exact) mass is 555 g/mol. The van der Waals surface area contributed by atoms with Crippen molar-refractivity contribution in [2.24, 2.45) is 17.8 Å². The van der Waals surface area contributed by atoms with Crippen LogP contribution in [0.15, 0.2) is 0 Å². The molecule has 1 amide bonds. The van der Waals surface area contributed by atoms with Gasteiger partial charge in [-0.05, 0) is 49.8 Å². The van der Waals surface area contributed by atoms with Gasteiger partial charge in [-0.2, -0.15) is 0 Å². The summed E-state index contributed by atoms with van der Waals surface area (Å²) in [7, 11) is -0.634. The highest BCUT2D eigenvalue weighted by atomic mass is 31.1. The van der Waals surface area contributed by atoms with Crippen LogP contribution in [-0.4, -0.2) is 79.4 Å². The van der Waals surface area contributed by atoms with Crippen molar-refractivity contribution in [1.82, 2.24) is 4.90 Å². The SMILES string of the molecule is [2H]C[C@@H]1C[C@@H](OP(CCC[N+]#[C-])C(C)C)CN1C(=O)CCCCCO[C@@H]1OC(COC(C)=O)[C@H](C)[C@H](C)C1C. The summed E-state index contributed by atoms with van der Waals surface area (Å²) >= 11 is 0. The second kappa shape index (κ2) is 16.8. The van der Waals surface area contributed by atoms with E-state index in [4.69, 9.17) is 26.7 Å². The van der Waals surface area contributed by atoms with Crippen molar-refractivity contribution in [2.75, 3.05) is 32.5 Å². The van der Waals surface area contributed by atoms with Gasteiger partial charge in [0.15, 0.2) is 6.29 Å². The van der Waals surface area contributed by atoms with E-state index in [1.165, 1.54) is 6.92 Å². The minimum Gasteiger partial charge on any atom is -0.463 e. The van der Waals surface area contributed by atoms with Crippen LogP contribution in [0.2, 0.25) is 0 Å². The third-order valence-electron chi connectivity index (χ3n) is 7.96. The van der Waals surface area contributed by atoms with Crippen molar-refractivity contribution in [1.29, 1.82) is 0 Å². The molecule has 8 atom stereocenters. The minimum absolute atomic E-state index is 0.00795. The second-order valence-electron chi connectivity index (χ2n) is 11.2. The smallest absolute Gasteiger partial charge is 0.302 e. The van der Waals surface area contributed by atoms with Gasteiger partial charge in [0.25, 0.3) is 0 Å². The van der Waals surface area contributed by atoms with Crippen molar-refractivity contribution in [3.63, 3.8) is 0 Å². The van der Waals surface area contributed by atoms with Gasteiger partial charge in [-0.15, -0.1) is 0 Å². The molecular weight excluding hydrogens is 503 g/mol. The fourth-order valence-corrected chi connectivity index (χ4v) is 7.00. The van der Waals surface area contributed by atoms with Crippen LogP contribution in [0.5, 0.6) is 0 Å².